The van der Waals surface area contributed by atoms with Gasteiger partial charge in [0.25, 0.3) is 0 Å². The predicted octanol–water partition coefficient (Wildman–Crippen LogP) is 8.13. The predicted molar refractivity (Wildman–Crippen MR) is 217 cm³/mol. The first-order valence-corrected chi connectivity index (χ1v) is 20.2. The molecule has 6 rings (SSSR count). The highest BCUT2D eigenvalue weighted by Crippen LogP contribution is 2.72. The zero-order valence-electron chi connectivity index (χ0n) is 36.5. The fourth-order valence-electron chi connectivity index (χ4n) is 10.5. The Morgan fingerprint density at radius 1 is 0.804 bits per heavy atom. The molecule has 13 nitrogen and oxygen atoms in total. The topological polar surface area (TPSA) is 129 Å². The second-order valence-electron chi connectivity index (χ2n) is 20.1. The van der Waals surface area contributed by atoms with E-state index in [4.69, 9.17) is 29.0 Å². The summed E-state index contributed by atoms with van der Waals surface area (Å²) in [5.41, 5.74) is 1.42. The second-order valence-corrected chi connectivity index (χ2v) is 20.1. The third-order valence-corrected chi connectivity index (χ3v) is 11.5. The maximum atomic E-state index is 13.6. The number of aromatic nitrogens is 3. The van der Waals surface area contributed by atoms with Crippen molar-refractivity contribution in [3.63, 3.8) is 0 Å². The van der Waals surface area contributed by atoms with E-state index < -0.39 is 29.4 Å². The molecule has 4 saturated carbocycles. The molecule has 4 aliphatic rings. The number of amides is 2. The quantitative estimate of drug-likeness (QED) is 0.105. The van der Waals surface area contributed by atoms with Crippen LogP contribution < -0.4 is 4.90 Å². The number of anilines is 1. The molecular weight excluding hydrogens is 713 g/mol. The van der Waals surface area contributed by atoms with Crippen LogP contribution >= 0.6 is 0 Å². The van der Waals surface area contributed by atoms with E-state index in [0.717, 1.165) is 63.1 Å². The van der Waals surface area contributed by atoms with Crippen LogP contribution in [0.1, 0.15) is 123 Å². The molecule has 2 atom stereocenters. The number of hydrogen-bond donors (Lipinski definition) is 0. The molecule has 0 radical (unpaired) electrons. The highest BCUT2D eigenvalue weighted by atomic mass is 16.6. The van der Waals surface area contributed by atoms with Gasteiger partial charge in [0.1, 0.15) is 17.0 Å². The summed E-state index contributed by atoms with van der Waals surface area (Å²) >= 11 is 0. The third-order valence-electron chi connectivity index (χ3n) is 11.5. The van der Waals surface area contributed by atoms with E-state index in [1.165, 1.54) is 23.3 Å². The Bertz CT molecular complexity index is 1740. The molecule has 4 bridgehead atoms. The molecule has 56 heavy (non-hydrogen) atoms. The fourth-order valence-corrected chi connectivity index (χ4v) is 10.5. The smallest absolute Gasteiger partial charge is 0.416 e. The molecule has 0 aromatic carbocycles. The highest BCUT2D eigenvalue weighted by molar-refractivity contribution is 5.97. The number of nitrogens with zero attached hydrogens (tertiary/aromatic N) is 6. The van der Waals surface area contributed by atoms with Gasteiger partial charge in [-0.15, -0.1) is 0 Å². The van der Waals surface area contributed by atoms with E-state index >= 15 is 0 Å². The minimum absolute atomic E-state index is 0.0489. The van der Waals surface area contributed by atoms with Crippen LogP contribution in [0.3, 0.4) is 0 Å². The van der Waals surface area contributed by atoms with Gasteiger partial charge in [-0.2, -0.15) is 5.10 Å². The monoisotopic (exact) mass is 781 g/mol. The van der Waals surface area contributed by atoms with Crippen LogP contribution in [0.4, 0.5) is 15.4 Å². The zero-order valence-corrected chi connectivity index (χ0v) is 36.5. The van der Waals surface area contributed by atoms with Crippen molar-refractivity contribution in [2.24, 2.45) is 16.2 Å². The Labute approximate surface area is 334 Å². The first kappa shape index (κ1) is 43.4. The Kier molecular flexibility index (Phi) is 12.3. The average Bonchev–Trinajstić information content (AvgIpc) is 3.38. The SMILES string of the molecule is COC(=O)c1nc(N(CCCCN(C)C(=O)OC(C)(C)C)C(=O)OC(C)(C)C)ccc1-c1cnn(CC23CC4(C)CC(C)(C2)CC(OCCN(C)C)(C4)C3)c1C. The first-order valence-electron chi connectivity index (χ1n) is 20.2. The Morgan fingerprint density at radius 3 is 2.00 bits per heavy atom. The Hall–Kier alpha value is -3.71. The number of likely N-dealkylation sites (N-methyl/N-ethyl adjacent to an activating group) is 1. The van der Waals surface area contributed by atoms with Crippen molar-refractivity contribution >= 4 is 24.0 Å². The van der Waals surface area contributed by atoms with Gasteiger partial charge in [-0.05, 0) is 142 Å². The summed E-state index contributed by atoms with van der Waals surface area (Å²) in [7, 11) is 7.20. The van der Waals surface area contributed by atoms with E-state index in [2.05, 4.69) is 37.5 Å². The number of rotatable bonds is 14. The van der Waals surface area contributed by atoms with E-state index in [0.29, 0.717) is 24.9 Å². The molecule has 13 heteroatoms. The minimum atomic E-state index is -0.757. The maximum Gasteiger partial charge on any atom is 0.416 e. The zero-order chi connectivity index (χ0) is 41.5. The minimum Gasteiger partial charge on any atom is -0.464 e. The van der Waals surface area contributed by atoms with Gasteiger partial charge >= 0.3 is 18.2 Å². The van der Waals surface area contributed by atoms with Gasteiger partial charge in [-0.25, -0.2) is 19.4 Å². The van der Waals surface area contributed by atoms with Gasteiger partial charge in [0.05, 0.1) is 25.5 Å². The van der Waals surface area contributed by atoms with E-state index in [-0.39, 0.29) is 39.9 Å². The van der Waals surface area contributed by atoms with Crippen LogP contribution in [0.15, 0.2) is 18.3 Å². The summed E-state index contributed by atoms with van der Waals surface area (Å²) < 4.78 is 25.5. The average molecular weight is 781 g/mol. The number of ether oxygens (including phenoxy) is 4. The van der Waals surface area contributed by atoms with Crippen LogP contribution in [-0.4, -0.2) is 114 Å². The summed E-state index contributed by atoms with van der Waals surface area (Å²) in [6.07, 6.45) is 8.72. The van der Waals surface area contributed by atoms with E-state index in [1.54, 1.807) is 33.9 Å². The van der Waals surface area contributed by atoms with Crippen molar-refractivity contribution in [2.45, 2.75) is 137 Å². The van der Waals surface area contributed by atoms with Crippen molar-refractivity contribution in [2.75, 3.05) is 59.4 Å². The van der Waals surface area contributed by atoms with Crippen molar-refractivity contribution in [3.05, 3.63) is 29.7 Å². The lowest BCUT2D eigenvalue weighted by Gasteiger charge is -2.69. The summed E-state index contributed by atoms with van der Waals surface area (Å²) in [5.74, 6) is -0.348. The number of pyridine rings is 1. The highest BCUT2D eigenvalue weighted by Gasteiger charge is 2.66. The lowest BCUT2D eigenvalue weighted by atomic mass is 9.39. The van der Waals surface area contributed by atoms with Gasteiger partial charge in [0, 0.05) is 50.0 Å². The molecule has 2 heterocycles. The molecule has 4 aliphatic carbocycles. The number of carbonyl (C=O) groups is 3. The van der Waals surface area contributed by atoms with Crippen molar-refractivity contribution in [1.82, 2.24) is 24.6 Å². The Morgan fingerprint density at radius 2 is 1.41 bits per heavy atom. The second kappa shape index (κ2) is 15.9. The first-order chi connectivity index (χ1) is 25.9. The summed E-state index contributed by atoms with van der Waals surface area (Å²) in [5, 5.41) is 4.94. The summed E-state index contributed by atoms with van der Waals surface area (Å²) in [4.78, 5) is 49.4. The molecule has 0 N–H and O–H groups in total. The normalized spacial score (nSPS) is 25.7. The molecule has 0 spiro atoms. The molecule has 0 saturated heterocycles. The molecule has 312 valence electrons. The van der Waals surface area contributed by atoms with Gasteiger partial charge in [-0.1, -0.05) is 13.8 Å². The van der Waals surface area contributed by atoms with Crippen molar-refractivity contribution in [3.8, 4) is 11.1 Å². The van der Waals surface area contributed by atoms with E-state index in [1.807, 2.05) is 40.0 Å². The van der Waals surface area contributed by atoms with Gasteiger partial charge in [0.2, 0.25) is 0 Å². The van der Waals surface area contributed by atoms with E-state index in [9.17, 15) is 14.4 Å². The molecule has 0 aliphatic heterocycles. The van der Waals surface area contributed by atoms with Crippen LogP contribution in [0.2, 0.25) is 0 Å². The number of carbonyl (C=O) groups excluding carboxylic acids is 3. The standard InChI is InChI=1S/C43H68N6O7/c1-30-32(22-44-49(30)29-42-24-40(8)23-41(9,25-42)27-43(26-40,28-42)54-21-20-46(10)11)31-16-17-33(45-34(31)35(50)53-13)48(37(52)56-39(5,6)7)19-15-14-18-47(12)36(51)55-38(2,3)4/h16-17,22H,14-15,18-21,23-29H2,1-13H3. The fraction of sp³-hybridized carbons (Fsp3) is 0.744. The molecule has 2 unspecified atom stereocenters. The molecular formula is C43H68N6O7. The number of esters is 1. The largest absolute Gasteiger partial charge is 0.464 e. The van der Waals surface area contributed by atoms with Crippen molar-refractivity contribution in [1.29, 1.82) is 0 Å². The van der Waals surface area contributed by atoms with Gasteiger partial charge in [0.15, 0.2) is 5.69 Å². The lowest BCUT2D eigenvalue weighted by Crippen LogP contribution is -2.64. The molecule has 2 aromatic rings. The third kappa shape index (κ3) is 10.2. The molecule has 4 fully saturated rings. The van der Waals surface area contributed by atoms with Crippen LogP contribution in [0.25, 0.3) is 11.1 Å². The maximum absolute atomic E-state index is 13.6. The van der Waals surface area contributed by atoms with Crippen LogP contribution in [0, 0.1) is 23.2 Å². The van der Waals surface area contributed by atoms with Crippen molar-refractivity contribution < 1.29 is 33.3 Å². The van der Waals surface area contributed by atoms with Gasteiger partial charge < -0.3 is 28.7 Å². The van der Waals surface area contributed by atoms with Crippen LogP contribution in [0.5, 0.6) is 0 Å². The summed E-state index contributed by atoms with van der Waals surface area (Å²) in [6, 6.07) is 3.56. The Balaban J connectivity index is 1.40. The number of unbranched alkanes of at least 4 members (excludes halogenated alkanes) is 1. The van der Waals surface area contributed by atoms with Gasteiger partial charge in [-0.3, -0.25) is 9.58 Å². The number of hydrogen-bond acceptors (Lipinski definition) is 10. The summed E-state index contributed by atoms with van der Waals surface area (Å²) in [6.45, 7) is 21.0. The number of methoxy groups -OCH3 is 1. The molecule has 2 amide bonds. The molecule has 2 aromatic heterocycles. The van der Waals surface area contributed by atoms with Crippen LogP contribution in [-0.2, 0) is 25.5 Å². The lowest BCUT2D eigenvalue weighted by molar-refractivity contribution is -0.248.